The Balaban J connectivity index is 2.74. The minimum Gasteiger partial charge on any atom is -0.393 e. The molecule has 0 aliphatic heterocycles. The summed E-state index contributed by atoms with van der Waals surface area (Å²) in [6.45, 7) is 9.06. The summed E-state index contributed by atoms with van der Waals surface area (Å²) in [6, 6.07) is 9.95. The predicted octanol–water partition coefficient (Wildman–Crippen LogP) is 3.32. The van der Waals surface area contributed by atoms with E-state index in [4.69, 9.17) is 5.73 Å². The Hall–Kier alpha value is -1.97. The highest BCUT2D eigenvalue weighted by molar-refractivity contribution is 5.50. The molecular formula is C17H25N3O. The summed E-state index contributed by atoms with van der Waals surface area (Å²) in [6.07, 6.45) is 2.00. The first-order valence-corrected chi connectivity index (χ1v) is 7.55. The number of aromatic nitrogens is 2. The van der Waals surface area contributed by atoms with Gasteiger partial charge >= 0.3 is 0 Å². The average Bonchev–Trinajstić information content (AvgIpc) is 2.70. The van der Waals surface area contributed by atoms with Gasteiger partial charge in [0.15, 0.2) is 0 Å². The first kappa shape index (κ1) is 15.4. The molecule has 114 valence electrons. The Morgan fingerprint density at radius 1 is 1.14 bits per heavy atom. The van der Waals surface area contributed by atoms with E-state index in [1.807, 2.05) is 35.0 Å². The van der Waals surface area contributed by atoms with Gasteiger partial charge in [0, 0.05) is 12.0 Å². The number of nitrogens with two attached hydrogens (primary N) is 1. The molecule has 0 unspecified atom stereocenters. The van der Waals surface area contributed by atoms with E-state index >= 15 is 0 Å². The van der Waals surface area contributed by atoms with Gasteiger partial charge in [0.1, 0.15) is 5.69 Å². The van der Waals surface area contributed by atoms with E-state index in [0.717, 1.165) is 24.2 Å². The number of unbranched alkanes of at least 4 members (excludes halogenated alkanes) is 1. The van der Waals surface area contributed by atoms with Crippen LogP contribution >= 0.6 is 0 Å². The molecule has 1 aromatic heterocycles. The highest BCUT2D eigenvalue weighted by Gasteiger charge is 2.27. The third-order valence-corrected chi connectivity index (χ3v) is 3.61. The van der Waals surface area contributed by atoms with E-state index in [-0.39, 0.29) is 11.0 Å². The first-order valence-electron chi connectivity index (χ1n) is 7.55. The Labute approximate surface area is 126 Å². The van der Waals surface area contributed by atoms with E-state index in [2.05, 4.69) is 27.7 Å². The minimum atomic E-state index is -0.198. The van der Waals surface area contributed by atoms with Gasteiger partial charge in [-0.1, -0.05) is 52.3 Å². The van der Waals surface area contributed by atoms with E-state index in [9.17, 15) is 4.79 Å². The molecule has 4 nitrogen and oxygen atoms in total. The van der Waals surface area contributed by atoms with Crippen molar-refractivity contribution in [3.8, 4) is 5.69 Å². The van der Waals surface area contributed by atoms with Gasteiger partial charge in [-0.3, -0.25) is 9.48 Å². The van der Waals surface area contributed by atoms with Crippen LogP contribution in [0.15, 0.2) is 35.1 Å². The van der Waals surface area contributed by atoms with Gasteiger partial charge in [0.25, 0.3) is 5.56 Å². The van der Waals surface area contributed by atoms with Gasteiger partial charge < -0.3 is 5.73 Å². The SMILES string of the molecule is CCCCn1c(=O)c(N)c(C(C)(C)C)n1-c1ccccc1. The maximum Gasteiger partial charge on any atom is 0.290 e. The van der Waals surface area contributed by atoms with Crippen LogP contribution in [-0.2, 0) is 12.0 Å². The molecule has 2 N–H and O–H groups in total. The number of anilines is 1. The molecule has 0 aliphatic carbocycles. The van der Waals surface area contributed by atoms with E-state index < -0.39 is 0 Å². The number of benzene rings is 1. The van der Waals surface area contributed by atoms with Crippen LogP contribution in [0.5, 0.6) is 0 Å². The maximum absolute atomic E-state index is 12.6. The molecule has 1 heterocycles. The summed E-state index contributed by atoms with van der Waals surface area (Å²) >= 11 is 0. The summed E-state index contributed by atoms with van der Waals surface area (Å²) in [4.78, 5) is 12.6. The molecule has 0 saturated heterocycles. The average molecular weight is 287 g/mol. The number of para-hydroxylation sites is 1. The fraction of sp³-hybridized carbons (Fsp3) is 0.471. The number of nitrogens with zero attached hydrogens (tertiary/aromatic N) is 2. The fourth-order valence-electron chi connectivity index (χ4n) is 2.63. The zero-order chi connectivity index (χ0) is 15.6. The highest BCUT2D eigenvalue weighted by Crippen LogP contribution is 2.29. The third-order valence-electron chi connectivity index (χ3n) is 3.61. The monoisotopic (exact) mass is 287 g/mol. The van der Waals surface area contributed by atoms with Crippen molar-refractivity contribution < 1.29 is 0 Å². The molecule has 1 aromatic carbocycles. The first-order chi connectivity index (χ1) is 9.88. The number of hydrogen-bond acceptors (Lipinski definition) is 2. The van der Waals surface area contributed by atoms with Crippen LogP contribution in [0, 0.1) is 0 Å². The molecule has 0 bridgehead atoms. The Bertz CT molecular complexity index is 660. The standard InChI is InChI=1S/C17H25N3O/c1-5-6-12-19-16(21)14(18)15(17(2,3)4)20(19)13-10-8-7-9-11-13/h7-11H,5-6,12,18H2,1-4H3. The second-order valence-corrected chi connectivity index (χ2v) is 6.44. The van der Waals surface area contributed by atoms with Gasteiger partial charge in [-0.05, 0) is 18.6 Å². The fourth-order valence-corrected chi connectivity index (χ4v) is 2.63. The van der Waals surface area contributed by atoms with Crippen LogP contribution in [-0.4, -0.2) is 9.36 Å². The Morgan fingerprint density at radius 3 is 2.29 bits per heavy atom. The molecule has 2 rings (SSSR count). The third kappa shape index (κ3) is 2.89. The molecule has 0 radical (unpaired) electrons. The molecule has 21 heavy (non-hydrogen) atoms. The molecule has 0 saturated carbocycles. The van der Waals surface area contributed by atoms with Crippen molar-refractivity contribution in [1.82, 2.24) is 9.36 Å². The van der Waals surface area contributed by atoms with Crippen LogP contribution in [0.25, 0.3) is 5.69 Å². The van der Waals surface area contributed by atoms with Gasteiger partial charge in [0.2, 0.25) is 0 Å². The van der Waals surface area contributed by atoms with Crippen LogP contribution in [0.3, 0.4) is 0 Å². The van der Waals surface area contributed by atoms with E-state index in [1.54, 1.807) is 4.68 Å². The lowest BCUT2D eigenvalue weighted by molar-refractivity contribution is 0.464. The van der Waals surface area contributed by atoms with Gasteiger partial charge in [0.05, 0.1) is 11.4 Å². The van der Waals surface area contributed by atoms with Crippen LogP contribution in [0.1, 0.15) is 46.2 Å². The van der Waals surface area contributed by atoms with Crippen molar-refractivity contribution in [1.29, 1.82) is 0 Å². The lowest BCUT2D eigenvalue weighted by atomic mass is 9.91. The second-order valence-electron chi connectivity index (χ2n) is 6.44. The van der Waals surface area contributed by atoms with Gasteiger partial charge in [-0.2, -0.15) is 0 Å². The van der Waals surface area contributed by atoms with Crippen molar-refractivity contribution in [2.24, 2.45) is 0 Å². The van der Waals surface area contributed by atoms with Crippen LogP contribution < -0.4 is 11.3 Å². The van der Waals surface area contributed by atoms with Crippen LogP contribution in [0.4, 0.5) is 5.69 Å². The molecule has 0 amide bonds. The van der Waals surface area contributed by atoms with Crippen molar-refractivity contribution in [3.05, 3.63) is 46.4 Å². The van der Waals surface area contributed by atoms with Crippen molar-refractivity contribution >= 4 is 5.69 Å². The topological polar surface area (TPSA) is 52.9 Å². The molecule has 0 atom stereocenters. The summed E-state index contributed by atoms with van der Waals surface area (Å²) in [5.41, 5.74) is 8.09. The maximum atomic E-state index is 12.6. The summed E-state index contributed by atoms with van der Waals surface area (Å²) in [5.74, 6) is 0. The zero-order valence-electron chi connectivity index (χ0n) is 13.4. The number of rotatable bonds is 4. The second kappa shape index (κ2) is 5.80. The minimum absolute atomic E-state index is 0.0859. The predicted molar refractivity (Wildman–Crippen MR) is 88.0 cm³/mol. The lowest BCUT2D eigenvalue weighted by Crippen LogP contribution is -2.25. The van der Waals surface area contributed by atoms with Gasteiger partial charge in [-0.15, -0.1) is 0 Å². The largest absolute Gasteiger partial charge is 0.393 e. The van der Waals surface area contributed by atoms with E-state index in [1.165, 1.54) is 0 Å². The molecule has 0 aliphatic rings. The molecule has 4 heteroatoms. The molecular weight excluding hydrogens is 262 g/mol. The van der Waals surface area contributed by atoms with Crippen molar-refractivity contribution in [2.75, 3.05) is 5.73 Å². The Morgan fingerprint density at radius 2 is 1.76 bits per heavy atom. The quantitative estimate of drug-likeness (QED) is 0.938. The number of hydrogen-bond donors (Lipinski definition) is 1. The molecule has 2 aromatic rings. The smallest absolute Gasteiger partial charge is 0.290 e. The summed E-state index contributed by atoms with van der Waals surface area (Å²) < 4.78 is 3.77. The molecule has 0 fully saturated rings. The van der Waals surface area contributed by atoms with Crippen LogP contribution in [0.2, 0.25) is 0 Å². The summed E-state index contributed by atoms with van der Waals surface area (Å²) in [7, 11) is 0. The van der Waals surface area contributed by atoms with Gasteiger partial charge in [-0.25, -0.2) is 4.68 Å². The lowest BCUT2D eigenvalue weighted by Gasteiger charge is -2.23. The molecule has 0 spiro atoms. The number of nitrogen functional groups attached to an aromatic ring is 1. The Kier molecular flexibility index (Phi) is 4.26. The summed E-state index contributed by atoms with van der Waals surface area (Å²) in [5, 5.41) is 0. The highest BCUT2D eigenvalue weighted by atomic mass is 16.1. The zero-order valence-corrected chi connectivity index (χ0v) is 13.4. The normalized spacial score (nSPS) is 11.8. The van der Waals surface area contributed by atoms with Crippen molar-refractivity contribution in [2.45, 2.75) is 52.5 Å². The van der Waals surface area contributed by atoms with Crippen molar-refractivity contribution in [3.63, 3.8) is 0 Å². The van der Waals surface area contributed by atoms with E-state index in [0.29, 0.717) is 12.2 Å².